The minimum absolute atomic E-state index is 0.0462. The molecule has 10 heteroatoms. The number of likely N-dealkylation sites (N-methyl/N-ethyl adjacent to an activating group) is 1. The number of nitrogens with zero attached hydrogens (tertiary/aromatic N) is 5. The van der Waals surface area contributed by atoms with Crippen LogP contribution in [0.25, 0.3) is 0 Å². The van der Waals surface area contributed by atoms with Gasteiger partial charge in [-0.05, 0) is 50.7 Å². The van der Waals surface area contributed by atoms with E-state index in [1.165, 1.54) is 0 Å². The lowest BCUT2D eigenvalue weighted by Gasteiger charge is -2.23. The van der Waals surface area contributed by atoms with Gasteiger partial charge in [0.2, 0.25) is 11.8 Å². The molecule has 10 nitrogen and oxygen atoms in total. The number of benzene rings is 1. The summed E-state index contributed by atoms with van der Waals surface area (Å²) in [6, 6.07) is 6.67. The predicted octanol–water partition coefficient (Wildman–Crippen LogP) is 2.10. The maximum atomic E-state index is 12.9. The molecule has 2 aromatic rings. The van der Waals surface area contributed by atoms with Crippen LogP contribution in [0.1, 0.15) is 61.2 Å². The molecule has 2 heterocycles. The number of carbonyl (C=O) groups is 3. The smallest absolute Gasteiger partial charge is 0.234 e. The highest BCUT2D eigenvalue weighted by Crippen LogP contribution is 2.23. The van der Waals surface area contributed by atoms with E-state index in [4.69, 9.17) is 4.74 Å². The Morgan fingerprint density at radius 1 is 1.06 bits per heavy atom. The van der Waals surface area contributed by atoms with Crippen LogP contribution in [0.2, 0.25) is 0 Å². The van der Waals surface area contributed by atoms with Gasteiger partial charge < -0.3 is 24.4 Å². The number of hydrogen-bond donors (Lipinski definition) is 1. The Kier molecular flexibility index (Phi) is 9.58. The largest absolute Gasteiger partial charge is 0.497 e. The van der Waals surface area contributed by atoms with Crippen LogP contribution in [0.15, 0.2) is 24.3 Å². The number of aromatic nitrogens is 3. The summed E-state index contributed by atoms with van der Waals surface area (Å²) in [6.45, 7) is 6.10. The lowest BCUT2D eigenvalue weighted by atomic mass is 10.0. The molecule has 1 atom stereocenters. The summed E-state index contributed by atoms with van der Waals surface area (Å²) in [5.74, 6) is 2.41. The van der Waals surface area contributed by atoms with Crippen LogP contribution < -0.4 is 10.1 Å². The second kappa shape index (κ2) is 12.6. The van der Waals surface area contributed by atoms with E-state index >= 15 is 0 Å². The van der Waals surface area contributed by atoms with Gasteiger partial charge in [0, 0.05) is 44.5 Å². The molecule has 1 N–H and O–H groups in total. The molecular formula is C26H38N6O4. The molecule has 1 aromatic carbocycles. The summed E-state index contributed by atoms with van der Waals surface area (Å²) in [5.41, 5.74) is 0.572. The molecule has 0 bridgehead atoms. The van der Waals surface area contributed by atoms with E-state index in [9.17, 15) is 14.4 Å². The first-order valence-corrected chi connectivity index (χ1v) is 12.5. The van der Waals surface area contributed by atoms with Crippen LogP contribution in [0.4, 0.5) is 0 Å². The van der Waals surface area contributed by atoms with E-state index < -0.39 is 0 Å². The molecule has 0 saturated carbocycles. The number of hydrogen-bond acceptors (Lipinski definition) is 7. The van der Waals surface area contributed by atoms with Crippen molar-refractivity contribution in [1.29, 1.82) is 0 Å². The van der Waals surface area contributed by atoms with Gasteiger partial charge >= 0.3 is 0 Å². The fraction of sp³-hybridized carbons (Fsp3) is 0.577. The van der Waals surface area contributed by atoms with Crippen molar-refractivity contribution in [2.45, 2.75) is 52.1 Å². The number of rotatable bonds is 11. The Bertz CT molecular complexity index is 1050. The highest BCUT2D eigenvalue weighted by molar-refractivity contribution is 5.98. The highest BCUT2D eigenvalue weighted by Gasteiger charge is 2.27. The van der Waals surface area contributed by atoms with E-state index in [-0.39, 0.29) is 36.5 Å². The normalized spacial score (nSPS) is 14.4. The minimum Gasteiger partial charge on any atom is -0.497 e. The number of fused-ring (bicyclic) bond motifs is 1. The van der Waals surface area contributed by atoms with Crippen LogP contribution in [0.3, 0.4) is 0 Å². The Balaban J connectivity index is 1.61. The van der Waals surface area contributed by atoms with Gasteiger partial charge in [-0.25, -0.2) is 0 Å². The SMILES string of the molecule is COc1ccc(C(=O)CCC(=O)N2CCc3nnc([C@@H](CC(C)C)NC(=O)CN(C)C)n3CC2)cc1. The maximum absolute atomic E-state index is 12.9. The molecular weight excluding hydrogens is 460 g/mol. The molecule has 2 amide bonds. The minimum atomic E-state index is -0.247. The van der Waals surface area contributed by atoms with Gasteiger partial charge in [-0.2, -0.15) is 0 Å². The Hall–Kier alpha value is -3.27. The summed E-state index contributed by atoms with van der Waals surface area (Å²) >= 11 is 0. The van der Waals surface area contributed by atoms with Crippen molar-refractivity contribution in [3.05, 3.63) is 41.5 Å². The van der Waals surface area contributed by atoms with E-state index in [1.54, 1.807) is 36.3 Å². The molecule has 0 radical (unpaired) electrons. The zero-order valence-corrected chi connectivity index (χ0v) is 22.0. The van der Waals surface area contributed by atoms with Crippen molar-refractivity contribution in [3.63, 3.8) is 0 Å². The van der Waals surface area contributed by atoms with Gasteiger partial charge in [-0.15, -0.1) is 10.2 Å². The monoisotopic (exact) mass is 498 g/mol. The van der Waals surface area contributed by atoms with E-state index in [0.717, 1.165) is 18.1 Å². The van der Waals surface area contributed by atoms with Crippen molar-refractivity contribution in [1.82, 2.24) is 29.9 Å². The maximum Gasteiger partial charge on any atom is 0.234 e. The molecule has 0 fully saturated rings. The standard InChI is InChI=1S/C26H38N6O4/c1-18(2)16-21(27-24(34)17-30(3)4)26-29-28-23-12-13-31(14-15-32(23)26)25(35)11-10-22(33)19-6-8-20(36-5)9-7-19/h6-9,18,21H,10-17H2,1-5H3,(H,27,34)/t21-/m1/s1. The van der Waals surface area contributed by atoms with Gasteiger partial charge in [0.25, 0.3) is 0 Å². The molecule has 0 saturated heterocycles. The zero-order chi connectivity index (χ0) is 26.2. The summed E-state index contributed by atoms with van der Waals surface area (Å²) < 4.78 is 7.17. The van der Waals surface area contributed by atoms with Gasteiger partial charge in [-0.1, -0.05) is 13.8 Å². The molecule has 36 heavy (non-hydrogen) atoms. The number of methoxy groups -OCH3 is 1. The number of amides is 2. The second-order valence-corrected chi connectivity index (χ2v) is 9.90. The first kappa shape index (κ1) is 27.3. The molecule has 0 spiro atoms. The van der Waals surface area contributed by atoms with Crippen molar-refractivity contribution >= 4 is 17.6 Å². The van der Waals surface area contributed by atoms with Crippen molar-refractivity contribution < 1.29 is 19.1 Å². The van der Waals surface area contributed by atoms with Crippen molar-refractivity contribution in [2.75, 3.05) is 40.8 Å². The molecule has 196 valence electrons. The van der Waals surface area contributed by atoms with Gasteiger partial charge in [0.15, 0.2) is 11.6 Å². The topological polar surface area (TPSA) is 110 Å². The highest BCUT2D eigenvalue weighted by atomic mass is 16.5. The summed E-state index contributed by atoms with van der Waals surface area (Å²) in [6.07, 6.45) is 1.64. The van der Waals surface area contributed by atoms with Gasteiger partial charge in [0.1, 0.15) is 11.6 Å². The van der Waals surface area contributed by atoms with Gasteiger partial charge in [0.05, 0.1) is 19.7 Å². The van der Waals surface area contributed by atoms with Crippen LogP contribution in [0.5, 0.6) is 5.75 Å². The van der Waals surface area contributed by atoms with E-state index in [1.807, 2.05) is 23.6 Å². The number of carbonyl (C=O) groups excluding carboxylic acids is 3. The molecule has 1 aromatic heterocycles. The lowest BCUT2D eigenvalue weighted by Crippen LogP contribution is -2.38. The lowest BCUT2D eigenvalue weighted by molar-refractivity contribution is -0.131. The summed E-state index contributed by atoms with van der Waals surface area (Å²) in [5, 5.41) is 11.9. The number of ketones is 1. The third-order valence-electron chi connectivity index (χ3n) is 6.20. The zero-order valence-electron chi connectivity index (χ0n) is 22.0. The van der Waals surface area contributed by atoms with Crippen molar-refractivity contribution in [3.8, 4) is 5.75 Å². The van der Waals surface area contributed by atoms with Crippen LogP contribution in [-0.2, 0) is 22.6 Å². The Morgan fingerprint density at radius 3 is 2.42 bits per heavy atom. The average molecular weight is 499 g/mol. The number of nitrogens with one attached hydrogen (secondary N) is 1. The summed E-state index contributed by atoms with van der Waals surface area (Å²) in [7, 11) is 5.29. The molecule has 3 rings (SSSR count). The first-order valence-electron chi connectivity index (χ1n) is 12.5. The Labute approximate surface area is 213 Å². The molecule has 0 aliphatic carbocycles. The third-order valence-corrected chi connectivity index (χ3v) is 6.20. The fourth-order valence-corrected chi connectivity index (χ4v) is 4.38. The average Bonchev–Trinajstić information content (AvgIpc) is 3.12. The third kappa shape index (κ3) is 7.36. The number of Topliss-reactive ketones (excluding diaryl/α,β-unsaturated/α-hetero) is 1. The second-order valence-electron chi connectivity index (χ2n) is 9.90. The van der Waals surface area contributed by atoms with E-state index in [2.05, 4.69) is 29.4 Å². The van der Waals surface area contributed by atoms with Crippen LogP contribution in [-0.4, -0.2) is 83.0 Å². The van der Waals surface area contributed by atoms with Crippen LogP contribution >= 0.6 is 0 Å². The van der Waals surface area contributed by atoms with E-state index in [0.29, 0.717) is 49.8 Å². The molecule has 0 unspecified atom stereocenters. The first-order chi connectivity index (χ1) is 17.2. The van der Waals surface area contributed by atoms with Gasteiger partial charge in [-0.3, -0.25) is 14.4 Å². The molecule has 1 aliphatic heterocycles. The quantitative estimate of drug-likeness (QED) is 0.473. The summed E-state index contributed by atoms with van der Waals surface area (Å²) in [4.78, 5) is 41.6. The number of ether oxygens (including phenoxy) is 1. The predicted molar refractivity (Wildman–Crippen MR) is 136 cm³/mol. The molecule has 1 aliphatic rings. The van der Waals surface area contributed by atoms with Crippen LogP contribution in [0, 0.1) is 5.92 Å². The Morgan fingerprint density at radius 2 is 1.78 bits per heavy atom. The fourth-order valence-electron chi connectivity index (χ4n) is 4.38. The van der Waals surface area contributed by atoms with Crippen molar-refractivity contribution in [2.24, 2.45) is 5.92 Å².